The SMILES string of the molecule is CCCCCC(CN(C)C)C(=O)C=Cc1ccc(OC)cc1. The summed E-state index contributed by atoms with van der Waals surface area (Å²) >= 11 is 0. The number of unbranched alkanes of at least 4 members (excludes halogenated alkanes) is 2. The molecule has 0 amide bonds. The Morgan fingerprint density at radius 1 is 1.23 bits per heavy atom. The van der Waals surface area contributed by atoms with Crippen molar-refractivity contribution in [2.75, 3.05) is 27.7 Å². The zero-order valence-electron chi connectivity index (χ0n) is 14.3. The molecule has 0 saturated heterocycles. The van der Waals surface area contributed by atoms with E-state index in [1.165, 1.54) is 12.8 Å². The van der Waals surface area contributed by atoms with E-state index < -0.39 is 0 Å². The van der Waals surface area contributed by atoms with Crippen LogP contribution in [0.4, 0.5) is 0 Å². The van der Waals surface area contributed by atoms with Gasteiger partial charge in [0.2, 0.25) is 0 Å². The van der Waals surface area contributed by atoms with Crippen molar-refractivity contribution in [2.45, 2.75) is 32.6 Å². The molecule has 0 saturated carbocycles. The van der Waals surface area contributed by atoms with Crippen LogP contribution in [0.5, 0.6) is 5.75 Å². The summed E-state index contributed by atoms with van der Waals surface area (Å²) in [6, 6.07) is 7.73. The van der Waals surface area contributed by atoms with Crippen LogP contribution < -0.4 is 4.74 Å². The normalized spacial score (nSPS) is 12.8. The standard InChI is InChI=1S/C19H29NO2/c1-5-6-7-8-17(15-20(2)3)19(21)14-11-16-9-12-18(22-4)13-10-16/h9-14,17H,5-8,15H2,1-4H3. The average molecular weight is 303 g/mol. The lowest BCUT2D eigenvalue weighted by atomic mass is 9.95. The van der Waals surface area contributed by atoms with Gasteiger partial charge >= 0.3 is 0 Å². The number of ketones is 1. The van der Waals surface area contributed by atoms with Crippen molar-refractivity contribution in [3.63, 3.8) is 0 Å². The van der Waals surface area contributed by atoms with Crippen molar-refractivity contribution < 1.29 is 9.53 Å². The van der Waals surface area contributed by atoms with Crippen LogP contribution in [0.25, 0.3) is 6.08 Å². The van der Waals surface area contributed by atoms with Gasteiger partial charge in [0.25, 0.3) is 0 Å². The van der Waals surface area contributed by atoms with E-state index in [1.54, 1.807) is 13.2 Å². The summed E-state index contributed by atoms with van der Waals surface area (Å²) < 4.78 is 5.14. The molecule has 1 rings (SSSR count). The lowest BCUT2D eigenvalue weighted by Crippen LogP contribution is -2.27. The Morgan fingerprint density at radius 2 is 1.91 bits per heavy atom. The maximum absolute atomic E-state index is 12.4. The van der Waals surface area contributed by atoms with Gasteiger partial charge < -0.3 is 9.64 Å². The Bertz CT molecular complexity index is 463. The molecular formula is C19H29NO2. The predicted octanol–water partition coefficient (Wildman–Crippen LogP) is 4.04. The van der Waals surface area contributed by atoms with Gasteiger partial charge in [0, 0.05) is 12.5 Å². The third-order valence-corrected chi connectivity index (χ3v) is 3.70. The molecule has 1 unspecified atom stereocenters. The first-order valence-electron chi connectivity index (χ1n) is 8.07. The van der Waals surface area contributed by atoms with Crippen LogP contribution in [0.15, 0.2) is 30.3 Å². The summed E-state index contributed by atoms with van der Waals surface area (Å²) in [5.41, 5.74) is 1.02. The fourth-order valence-electron chi connectivity index (χ4n) is 2.43. The number of ether oxygens (including phenoxy) is 1. The number of carbonyl (C=O) groups excluding carboxylic acids is 1. The number of rotatable bonds is 10. The van der Waals surface area contributed by atoms with E-state index in [4.69, 9.17) is 4.74 Å². The summed E-state index contributed by atoms with van der Waals surface area (Å²) in [7, 11) is 5.69. The molecule has 0 fully saturated rings. The molecule has 0 aliphatic carbocycles. The van der Waals surface area contributed by atoms with Crippen molar-refractivity contribution in [3.8, 4) is 5.75 Å². The molecule has 3 nitrogen and oxygen atoms in total. The Morgan fingerprint density at radius 3 is 2.45 bits per heavy atom. The fourth-order valence-corrected chi connectivity index (χ4v) is 2.43. The maximum Gasteiger partial charge on any atom is 0.160 e. The van der Waals surface area contributed by atoms with Gasteiger partial charge in [-0.05, 0) is 44.3 Å². The highest BCUT2D eigenvalue weighted by atomic mass is 16.5. The van der Waals surface area contributed by atoms with Gasteiger partial charge in [-0.15, -0.1) is 0 Å². The molecule has 1 aromatic carbocycles. The van der Waals surface area contributed by atoms with Crippen LogP contribution in [-0.2, 0) is 4.79 Å². The number of allylic oxidation sites excluding steroid dienone is 1. The molecule has 0 heterocycles. The maximum atomic E-state index is 12.4. The Balaban J connectivity index is 2.64. The van der Waals surface area contributed by atoms with Crippen molar-refractivity contribution in [1.29, 1.82) is 0 Å². The summed E-state index contributed by atoms with van der Waals surface area (Å²) in [4.78, 5) is 14.5. The quantitative estimate of drug-likeness (QED) is 0.483. The van der Waals surface area contributed by atoms with Crippen molar-refractivity contribution >= 4 is 11.9 Å². The Hall–Kier alpha value is -1.61. The van der Waals surface area contributed by atoms with E-state index in [1.807, 2.05) is 44.4 Å². The van der Waals surface area contributed by atoms with Gasteiger partial charge in [0.05, 0.1) is 7.11 Å². The predicted molar refractivity (Wildman–Crippen MR) is 93.2 cm³/mol. The number of methoxy groups -OCH3 is 1. The van der Waals surface area contributed by atoms with Crippen LogP contribution in [0.1, 0.15) is 38.2 Å². The van der Waals surface area contributed by atoms with Crippen molar-refractivity contribution in [1.82, 2.24) is 4.90 Å². The van der Waals surface area contributed by atoms with E-state index in [-0.39, 0.29) is 11.7 Å². The Labute approximate surface area is 135 Å². The molecule has 0 aliphatic rings. The second-order valence-corrected chi connectivity index (χ2v) is 5.96. The second-order valence-electron chi connectivity index (χ2n) is 5.96. The molecule has 0 spiro atoms. The van der Waals surface area contributed by atoms with Crippen LogP contribution in [0.3, 0.4) is 0 Å². The minimum absolute atomic E-state index is 0.0936. The topological polar surface area (TPSA) is 29.5 Å². The first-order chi connectivity index (χ1) is 10.6. The van der Waals surface area contributed by atoms with Crippen molar-refractivity contribution in [2.24, 2.45) is 5.92 Å². The van der Waals surface area contributed by atoms with Crippen molar-refractivity contribution in [3.05, 3.63) is 35.9 Å². The zero-order valence-corrected chi connectivity index (χ0v) is 14.3. The van der Waals surface area contributed by atoms with Gasteiger partial charge in [0.15, 0.2) is 5.78 Å². The lowest BCUT2D eigenvalue weighted by Gasteiger charge is -2.18. The first-order valence-corrected chi connectivity index (χ1v) is 8.07. The second kappa shape index (κ2) is 10.2. The minimum Gasteiger partial charge on any atom is -0.497 e. The summed E-state index contributed by atoms with van der Waals surface area (Å²) in [5.74, 6) is 1.14. The van der Waals surface area contributed by atoms with Crippen LogP contribution in [0.2, 0.25) is 0 Å². The molecular weight excluding hydrogens is 274 g/mol. The van der Waals surface area contributed by atoms with Crippen LogP contribution in [0, 0.1) is 5.92 Å². The number of benzene rings is 1. The van der Waals surface area contributed by atoms with Gasteiger partial charge in [-0.1, -0.05) is 44.4 Å². The third kappa shape index (κ3) is 6.90. The largest absolute Gasteiger partial charge is 0.497 e. The fraction of sp³-hybridized carbons (Fsp3) is 0.526. The highest BCUT2D eigenvalue weighted by Gasteiger charge is 2.16. The highest BCUT2D eigenvalue weighted by Crippen LogP contribution is 2.15. The lowest BCUT2D eigenvalue weighted by molar-refractivity contribution is -0.118. The molecule has 122 valence electrons. The summed E-state index contributed by atoms with van der Waals surface area (Å²) in [6.45, 7) is 3.00. The molecule has 0 aromatic heterocycles. The average Bonchev–Trinajstić information content (AvgIpc) is 2.52. The molecule has 0 radical (unpaired) electrons. The van der Waals surface area contributed by atoms with E-state index in [0.717, 1.165) is 30.7 Å². The number of carbonyl (C=O) groups is 1. The molecule has 0 bridgehead atoms. The monoisotopic (exact) mass is 303 g/mol. The van der Waals surface area contributed by atoms with Gasteiger partial charge in [-0.2, -0.15) is 0 Å². The van der Waals surface area contributed by atoms with Crippen LogP contribution in [-0.4, -0.2) is 38.4 Å². The van der Waals surface area contributed by atoms with Crippen LogP contribution >= 0.6 is 0 Å². The van der Waals surface area contributed by atoms with E-state index in [2.05, 4.69) is 11.8 Å². The number of hydrogen-bond donors (Lipinski definition) is 0. The van der Waals surface area contributed by atoms with E-state index in [0.29, 0.717) is 0 Å². The molecule has 0 aliphatic heterocycles. The zero-order chi connectivity index (χ0) is 16.4. The number of hydrogen-bond acceptors (Lipinski definition) is 3. The Kier molecular flexibility index (Phi) is 8.53. The van der Waals surface area contributed by atoms with E-state index in [9.17, 15) is 4.79 Å². The number of nitrogens with zero attached hydrogens (tertiary/aromatic N) is 1. The first kappa shape index (κ1) is 18.4. The summed E-state index contributed by atoms with van der Waals surface area (Å²) in [5, 5.41) is 0. The van der Waals surface area contributed by atoms with Gasteiger partial charge in [-0.25, -0.2) is 0 Å². The molecule has 22 heavy (non-hydrogen) atoms. The van der Waals surface area contributed by atoms with Gasteiger partial charge in [0.1, 0.15) is 5.75 Å². The molecule has 0 N–H and O–H groups in total. The molecule has 1 atom stereocenters. The van der Waals surface area contributed by atoms with Gasteiger partial charge in [-0.3, -0.25) is 4.79 Å². The summed E-state index contributed by atoms with van der Waals surface area (Å²) in [6.07, 6.45) is 8.09. The minimum atomic E-state index is 0.0936. The molecule has 3 heteroatoms. The molecule has 1 aromatic rings. The third-order valence-electron chi connectivity index (χ3n) is 3.70. The highest BCUT2D eigenvalue weighted by molar-refractivity contribution is 5.95. The smallest absolute Gasteiger partial charge is 0.160 e. The van der Waals surface area contributed by atoms with E-state index >= 15 is 0 Å².